The van der Waals surface area contributed by atoms with Crippen LogP contribution in [0.2, 0.25) is 0 Å². The van der Waals surface area contributed by atoms with E-state index in [1.807, 2.05) is 31.4 Å². The van der Waals surface area contributed by atoms with Gasteiger partial charge in [-0.3, -0.25) is 4.79 Å². The molecular formula is C14H13N3O2S2. The topological polar surface area (TPSA) is 68.0 Å². The number of amides is 1. The highest BCUT2D eigenvalue weighted by Gasteiger charge is 2.13. The number of nitrogens with zero attached hydrogens (tertiary/aromatic N) is 2. The van der Waals surface area contributed by atoms with Gasteiger partial charge in [-0.05, 0) is 26.0 Å². The van der Waals surface area contributed by atoms with E-state index in [1.54, 1.807) is 17.6 Å². The minimum absolute atomic E-state index is 0.0814. The Balaban J connectivity index is 1.66. The summed E-state index contributed by atoms with van der Waals surface area (Å²) >= 11 is 2.93. The zero-order chi connectivity index (χ0) is 14.8. The van der Waals surface area contributed by atoms with Crippen LogP contribution in [0, 0.1) is 13.8 Å². The summed E-state index contributed by atoms with van der Waals surface area (Å²) in [6.45, 7) is 3.86. The zero-order valence-electron chi connectivity index (χ0n) is 11.5. The Hall–Kier alpha value is -1.99. The molecule has 3 aromatic heterocycles. The number of anilines is 1. The van der Waals surface area contributed by atoms with Crippen LogP contribution in [0.5, 0.6) is 0 Å². The summed E-state index contributed by atoms with van der Waals surface area (Å²) < 4.78 is 5.28. The summed E-state index contributed by atoms with van der Waals surface area (Å²) in [6.07, 6.45) is 1.93. The van der Waals surface area contributed by atoms with Crippen molar-refractivity contribution in [3.8, 4) is 11.5 Å². The summed E-state index contributed by atoms with van der Waals surface area (Å²) in [7, 11) is 0. The number of hydrogen-bond acceptors (Lipinski definition) is 6. The van der Waals surface area contributed by atoms with Crippen molar-refractivity contribution in [2.45, 2.75) is 20.3 Å². The van der Waals surface area contributed by atoms with E-state index in [-0.39, 0.29) is 5.91 Å². The maximum atomic E-state index is 12.1. The van der Waals surface area contributed by atoms with Crippen molar-refractivity contribution in [2.24, 2.45) is 0 Å². The van der Waals surface area contributed by atoms with Gasteiger partial charge in [-0.1, -0.05) is 0 Å². The number of aromatic nitrogens is 2. The highest BCUT2D eigenvalue weighted by molar-refractivity contribution is 7.14. The highest BCUT2D eigenvalue weighted by Crippen LogP contribution is 2.25. The molecule has 0 unspecified atom stereocenters. The van der Waals surface area contributed by atoms with E-state index in [0.29, 0.717) is 17.3 Å². The molecule has 3 aromatic rings. The van der Waals surface area contributed by atoms with Gasteiger partial charge < -0.3 is 9.73 Å². The summed E-state index contributed by atoms with van der Waals surface area (Å²) in [5.41, 5.74) is 1.65. The second kappa shape index (κ2) is 5.79. The van der Waals surface area contributed by atoms with Gasteiger partial charge in [-0.25, -0.2) is 9.97 Å². The van der Waals surface area contributed by atoms with Gasteiger partial charge in [0.2, 0.25) is 5.91 Å². The first-order valence-corrected chi connectivity index (χ1v) is 8.03. The molecule has 0 atom stereocenters. The lowest BCUT2D eigenvalue weighted by atomic mass is 10.3. The molecule has 0 aromatic carbocycles. The van der Waals surface area contributed by atoms with Gasteiger partial charge in [-0.2, -0.15) is 0 Å². The first-order valence-electron chi connectivity index (χ1n) is 6.34. The van der Waals surface area contributed by atoms with Crippen molar-refractivity contribution in [3.05, 3.63) is 39.4 Å². The third-order valence-corrected chi connectivity index (χ3v) is 4.68. The van der Waals surface area contributed by atoms with Crippen molar-refractivity contribution < 1.29 is 9.21 Å². The van der Waals surface area contributed by atoms with Crippen LogP contribution in [0.4, 0.5) is 5.13 Å². The maximum absolute atomic E-state index is 12.1. The largest absolute Gasteiger partial charge is 0.463 e. The predicted octanol–water partition coefficient (Wildman–Crippen LogP) is 3.66. The lowest BCUT2D eigenvalue weighted by molar-refractivity contribution is -0.115. The fourth-order valence-corrected chi connectivity index (χ4v) is 3.57. The molecule has 1 N–H and O–H groups in total. The molecule has 0 bridgehead atoms. The number of carbonyl (C=O) groups is 1. The van der Waals surface area contributed by atoms with Crippen LogP contribution >= 0.6 is 22.7 Å². The molecule has 108 valence electrons. The number of thiazole rings is 2. The molecule has 0 aliphatic heterocycles. The van der Waals surface area contributed by atoms with Crippen LogP contribution in [0.1, 0.15) is 15.6 Å². The summed E-state index contributed by atoms with van der Waals surface area (Å²) in [6, 6.07) is 3.64. The Kier molecular flexibility index (Phi) is 3.85. The normalized spacial score (nSPS) is 10.8. The van der Waals surface area contributed by atoms with E-state index in [4.69, 9.17) is 4.42 Å². The van der Waals surface area contributed by atoms with Gasteiger partial charge in [-0.15, -0.1) is 22.7 Å². The fraction of sp³-hybridized carbons (Fsp3) is 0.214. The molecule has 0 saturated carbocycles. The Labute approximate surface area is 129 Å². The van der Waals surface area contributed by atoms with Crippen molar-refractivity contribution in [1.29, 1.82) is 0 Å². The van der Waals surface area contributed by atoms with Gasteiger partial charge in [0, 0.05) is 10.3 Å². The third-order valence-electron chi connectivity index (χ3n) is 2.84. The van der Waals surface area contributed by atoms with Gasteiger partial charge in [0.1, 0.15) is 5.69 Å². The van der Waals surface area contributed by atoms with E-state index in [2.05, 4.69) is 15.3 Å². The van der Waals surface area contributed by atoms with Gasteiger partial charge in [0.25, 0.3) is 0 Å². The lowest BCUT2D eigenvalue weighted by Gasteiger charge is -2.00. The number of hydrogen-bond donors (Lipinski definition) is 1. The van der Waals surface area contributed by atoms with E-state index >= 15 is 0 Å². The van der Waals surface area contributed by atoms with Crippen molar-refractivity contribution in [1.82, 2.24) is 9.97 Å². The molecule has 1 amide bonds. The Morgan fingerprint density at radius 3 is 2.90 bits per heavy atom. The van der Waals surface area contributed by atoms with Crippen molar-refractivity contribution in [2.75, 3.05) is 5.32 Å². The SMILES string of the molecule is Cc1nc(C)c(CC(=O)Nc2nc(-c3ccco3)cs2)s1. The molecule has 0 fully saturated rings. The molecule has 0 saturated heterocycles. The Morgan fingerprint density at radius 1 is 1.38 bits per heavy atom. The second-order valence-corrected chi connectivity index (χ2v) is 6.63. The van der Waals surface area contributed by atoms with E-state index in [9.17, 15) is 4.79 Å². The fourth-order valence-electron chi connectivity index (χ4n) is 1.92. The van der Waals surface area contributed by atoms with Crippen LogP contribution in [0.15, 0.2) is 28.2 Å². The van der Waals surface area contributed by atoms with Crippen LogP contribution in [-0.4, -0.2) is 15.9 Å². The van der Waals surface area contributed by atoms with E-state index in [0.717, 1.165) is 21.3 Å². The average molecular weight is 319 g/mol. The number of aryl methyl sites for hydroxylation is 2. The van der Waals surface area contributed by atoms with Gasteiger partial charge >= 0.3 is 0 Å². The summed E-state index contributed by atoms with van der Waals surface area (Å²) in [4.78, 5) is 21.7. The summed E-state index contributed by atoms with van der Waals surface area (Å²) in [5.74, 6) is 0.614. The molecule has 3 rings (SSSR count). The number of carbonyl (C=O) groups excluding carboxylic acids is 1. The van der Waals surface area contributed by atoms with Crippen LogP contribution in [0.25, 0.3) is 11.5 Å². The molecule has 0 aliphatic carbocycles. The molecule has 0 radical (unpaired) electrons. The zero-order valence-corrected chi connectivity index (χ0v) is 13.2. The predicted molar refractivity (Wildman–Crippen MR) is 83.7 cm³/mol. The minimum Gasteiger partial charge on any atom is -0.463 e. The van der Waals surface area contributed by atoms with Gasteiger partial charge in [0.15, 0.2) is 10.9 Å². The van der Waals surface area contributed by atoms with Crippen molar-refractivity contribution >= 4 is 33.7 Å². The second-order valence-electron chi connectivity index (χ2n) is 4.48. The first-order chi connectivity index (χ1) is 10.1. The quantitative estimate of drug-likeness (QED) is 0.797. The van der Waals surface area contributed by atoms with Crippen molar-refractivity contribution in [3.63, 3.8) is 0 Å². The smallest absolute Gasteiger partial charge is 0.231 e. The van der Waals surface area contributed by atoms with Crippen LogP contribution < -0.4 is 5.32 Å². The molecule has 3 heterocycles. The number of nitrogens with one attached hydrogen (secondary N) is 1. The maximum Gasteiger partial charge on any atom is 0.231 e. The Morgan fingerprint density at radius 2 is 2.24 bits per heavy atom. The van der Waals surface area contributed by atoms with Crippen LogP contribution in [-0.2, 0) is 11.2 Å². The molecule has 21 heavy (non-hydrogen) atoms. The Bertz CT molecular complexity index is 759. The van der Waals surface area contributed by atoms with E-state index in [1.165, 1.54) is 11.3 Å². The minimum atomic E-state index is -0.0814. The molecule has 0 aliphatic rings. The molecule has 0 spiro atoms. The number of rotatable bonds is 4. The molecular weight excluding hydrogens is 306 g/mol. The summed E-state index contributed by atoms with van der Waals surface area (Å²) in [5, 5.41) is 6.22. The van der Waals surface area contributed by atoms with Gasteiger partial charge in [0.05, 0.1) is 23.4 Å². The first kappa shape index (κ1) is 14.0. The monoisotopic (exact) mass is 319 g/mol. The molecule has 7 heteroatoms. The van der Waals surface area contributed by atoms with Crippen LogP contribution in [0.3, 0.4) is 0 Å². The third kappa shape index (κ3) is 3.20. The highest BCUT2D eigenvalue weighted by atomic mass is 32.1. The molecule has 5 nitrogen and oxygen atoms in total. The average Bonchev–Trinajstić information content (AvgIpc) is 3.11. The van der Waals surface area contributed by atoms with E-state index < -0.39 is 0 Å². The lowest BCUT2D eigenvalue weighted by Crippen LogP contribution is -2.14. The standard InChI is InChI=1S/C14H13N3O2S2/c1-8-12(21-9(2)15-8)6-13(18)17-14-16-10(7-20-14)11-4-3-5-19-11/h3-5,7H,6H2,1-2H3,(H,16,17,18). The number of furan rings is 1.